The van der Waals surface area contributed by atoms with Crippen LogP contribution >= 0.6 is 11.6 Å². The smallest absolute Gasteiger partial charge is 0.288 e. The minimum Gasteiger partial charge on any atom is -0.361 e. The molecule has 1 aliphatic rings. The van der Waals surface area contributed by atoms with Crippen molar-refractivity contribution in [3.05, 3.63) is 87.4 Å². The molecular weight excluding hydrogens is 364 g/mol. The molecule has 1 aromatic heterocycles. The third-order valence-corrected chi connectivity index (χ3v) is 5.12. The van der Waals surface area contributed by atoms with E-state index in [1.54, 1.807) is 12.1 Å². The summed E-state index contributed by atoms with van der Waals surface area (Å²) in [5, 5.41) is 15.0. The molecule has 2 heterocycles. The highest BCUT2D eigenvalue weighted by atomic mass is 35.5. The van der Waals surface area contributed by atoms with Crippen molar-refractivity contribution >= 4 is 34.0 Å². The number of fused-ring (bicyclic) bond motifs is 5. The van der Waals surface area contributed by atoms with E-state index in [2.05, 4.69) is 9.88 Å². The Morgan fingerprint density at radius 2 is 1.85 bits per heavy atom. The van der Waals surface area contributed by atoms with Gasteiger partial charge in [-0.05, 0) is 30.3 Å². The molecule has 0 radical (unpaired) electrons. The van der Waals surface area contributed by atoms with E-state index in [9.17, 15) is 10.1 Å². The van der Waals surface area contributed by atoms with Gasteiger partial charge in [-0.2, -0.15) is 0 Å². The number of rotatable bonds is 2. The van der Waals surface area contributed by atoms with Crippen LogP contribution in [0.25, 0.3) is 22.4 Å². The van der Waals surface area contributed by atoms with Gasteiger partial charge in [0.25, 0.3) is 5.69 Å². The molecule has 5 rings (SSSR count). The van der Waals surface area contributed by atoms with Crippen molar-refractivity contribution in [1.82, 2.24) is 9.55 Å². The molecule has 0 fully saturated rings. The Hall–Kier alpha value is -3.38. The molecule has 6 nitrogen and oxygen atoms in total. The number of hydrogen-bond donors (Lipinski definition) is 1. The monoisotopic (exact) mass is 376 g/mol. The maximum atomic E-state index is 11.3. The number of hydrogen-bond acceptors (Lipinski definition) is 4. The Morgan fingerprint density at radius 1 is 1.07 bits per heavy atom. The predicted octanol–water partition coefficient (Wildman–Crippen LogP) is 5.24. The molecule has 4 aromatic rings. The SMILES string of the molecule is O=[N+]([O-])c1cc(C2Nc3ccccc3-c3nc4ccccc4n32)ccc1Cl. The zero-order valence-electron chi connectivity index (χ0n) is 14.0. The van der Waals surface area contributed by atoms with Crippen molar-refractivity contribution in [2.45, 2.75) is 6.17 Å². The van der Waals surface area contributed by atoms with Gasteiger partial charge < -0.3 is 5.32 Å². The fourth-order valence-corrected chi connectivity index (χ4v) is 3.77. The van der Waals surface area contributed by atoms with E-state index in [-0.39, 0.29) is 16.9 Å². The lowest BCUT2D eigenvalue weighted by molar-refractivity contribution is -0.384. The lowest BCUT2D eigenvalue weighted by atomic mass is 10.1. The largest absolute Gasteiger partial charge is 0.361 e. The van der Waals surface area contributed by atoms with Crippen molar-refractivity contribution in [3.63, 3.8) is 0 Å². The molecule has 0 saturated carbocycles. The van der Waals surface area contributed by atoms with Gasteiger partial charge in [-0.25, -0.2) is 4.98 Å². The minimum absolute atomic E-state index is 0.110. The van der Waals surface area contributed by atoms with Gasteiger partial charge in [0.05, 0.1) is 16.0 Å². The molecule has 0 bridgehead atoms. The summed E-state index contributed by atoms with van der Waals surface area (Å²) >= 11 is 6.00. The molecule has 3 aromatic carbocycles. The van der Waals surface area contributed by atoms with Crippen LogP contribution in [0, 0.1) is 10.1 Å². The molecule has 0 saturated heterocycles. The molecule has 27 heavy (non-hydrogen) atoms. The Bertz CT molecular complexity index is 1220. The van der Waals surface area contributed by atoms with Crippen LogP contribution in [0.3, 0.4) is 0 Å². The number of aromatic nitrogens is 2. The zero-order chi connectivity index (χ0) is 18.5. The molecular formula is C20H13ClN4O2. The normalized spacial score (nSPS) is 15.1. The standard InChI is InChI=1S/C20H13ClN4O2/c21-14-10-9-12(11-18(14)25(26)27)19-22-15-6-2-1-5-13(15)20-23-16-7-3-4-8-17(16)24(19)20/h1-11,19,22H. The molecule has 1 aliphatic heterocycles. The van der Waals surface area contributed by atoms with E-state index in [1.807, 2.05) is 48.5 Å². The number of anilines is 1. The second kappa shape index (κ2) is 5.82. The molecule has 1 unspecified atom stereocenters. The molecule has 0 amide bonds. The first-order valence-corrected chi connectivity index (χ1v) is 8.78. The van der Waals surface area contributed by atoms with E-state index in [4.69, 9.17) is 16.6 Å². The van der Waals surface area contributed by atoms with Crippen molar-refractivity contribution in [1.29, 1.82) is 0 Å². The average molecular weight is 377 g/mol. The van der Waals surface area contributed by atoms with Crippen molar-refractivity contribution in [2.75, 3.05) is 5.32 Å². The van der Waals surface area contributed by atoms with E-state index in [1.165, 1.54) is 6.07 Å². The maximum absolute atomic E-state index is 11.3. The fourth-order valence-electron chi connectivity index (χ4n) is 3.58. The van der Waals surface area contributed by atoms with Crippen LogP contribution < -0.4 is 5.32 Å². The summed E-state index contributed by atoms with van der Waals surface area (Å²) in [4.78, 5) is 15.7. The highest BCUT2D eigenvalue weighted by Crippen LogP contribution is 2.41. The van der Waals surface area contributed by atoms with Gasteiger partial charge in [0.15, 0.2) is 0 Å². The Morgan fingerprint density at radius 3 is 2.70 bits per heavy atom. The number of halogens is 1. The van der Waals surface area contributed by atoms with Crippen molar-refractivity contribution in [3.8, 4) is 11.4 Å². The van der Waals surface area contributed by atoms with Crippen LogP contribution in [0.2, 0.25) is 5.02 Å². The highest BCUT2D eigenvalue weighted by Gasteiger charge is 2.29. The number of para-hydroxylation sites is 3. The van der Waals surface area contributed by atoms with Gasteiger partial charge in [-0.1, -0.05) is 41.9 Å². The van der Waals surface area contributed by atoms with Crippen LogP contribution in [0.4, 0.5) is 11.4 Å². The van der Waals surface area contributed by atoms with Crippen LogP contribution in [-0.4, -0.2) is 14.5 Å². The summed E-state index contributed by atoms with van der Waals surface area (Å²) in [7, 11) is 0. The topological polar surface area (TPSA) is 73.0 Å². The molecule has 1 atom stereocenters. The summed E-state index contributed by atoms with van der Waals surface area (Å²) < 4.78 is 2.07. The first-order valence-electron chi connectivity index (χ1n) is 8.40. The Labute approximate surface area is 159 Å². The summed E-state index contributed by atoms with van der Waals surface area (Å²) in [5.41, 5.74) is 4.39. The third-order valence-electron chi connectivity index (χ3n) is 4.80. The van der Waals surface area contributed by atoms with Gasteiger partial charge in [0.2, 0.25) is 0 Å². The average Bonchev–Trinajstić information content (AvgIpc) is 3.07. The summed E-state index contributed by atoms with van der Waals surface area (Å²) in [6.07, 6.45) is -0.335. The van der Waals surface area contributed by atoms with Crippen molar-refractivity contribution < 1.29 is 4.92 Å². The first kappa shape index (κ1) is 15.8. The van der Waals surface area contributed by atoms with Crippen LogP contribution in [-0.2, 0) is 0 Å². The van der Waals surface area contributed by atoms with E-state index >= 15 is 0 Å². The number of nitro groups is 1. The lowest BCUT2D eigenvalue weighted by Gasteiger charge is -2.30. The predicted molar refractivity (Wildman–Crippen MR) is 105 cm³/mol. The van der Waals surface area contributed by atoms with Crippen LogP contribution in [0.15, 0.2) is 66.7 Å². The molecule has 1 N–H and O–H groups in total. The van der Waals surface area contributed by atoms with Gasteiger partial charge in [0.1, 0.15) is 17.0 Å². The van der Waals surface area contributed by atoms with Gasteiger partial charge >= 0.3 is 0 Å². The highest BCUT2D eigenvalue weighted by molar-refractivity contribution is 6.32. The summed E-state index contributed by atoms with van der Waals surface area (Å²) in [6.45, 7) is 0. The van der Waals surface area contributed by atoms with Crippen LogP contribution in [0.1, 0.15) is 11.7 Å². The molecule has 0 spiro atoms. The quantitative estimate of drug-likeness (QED) is 0.383. The fraction of sp³-hybridized carbons (Fsp3) is 0.0500. The first-order chi connectivity index (χ1) is 13.1. The number of benzene rings is 3. The van der Waals surface area contributed by atoms with Gasteiger partial charge in [-0.15, -0.1) is 0 Å². The summed E-state index contributed by atoms with van der Waals surface area (Å²) in [6, 6.07) is 20.7. The Balaban J connectivity index is 1.79. The zero-order valence-corrected chi connectivity index (χ0v) is 14.7. The van der Waals surface area contributed by atoms with E-state index in [0.29, 0.717) is 0 Å². The van der Waals surface area contributed by atoms with E-state index < -0.39 is 4.92 Å². The van der Waals surface area contributed by atoms with Crippen molar-refractivity contribution in [2.24, 2.45) is 0 Å². The number of nitrogens with zero attached hydrogens (tertiary/aromatic N) is 3. The lowest BCUT2D eigenvalue weighted by Crippen LogP contribution is -2.24. The van der Waals surface area contributed by atoms with E-state index in [0.717, 1.165) is 33.7 Å². The second-order valence-corrected chi connectivity index (χ2v) is 6.76. The number of nitrogens with one attached hydrogen (secondary N) is 1. The summed E-state index contributed by atoms with van der Waals surface area (Å²) in [5.74, 6) is 0.827. The van der Waals surface area contributed by atoms with Crippen LogP contribution in [0.5, 0.6) is 0 Å². The van der Waals surface area contributed by atoms with Gasteiger partial charge in [-0.3, -0.25) is 14.7 Å². The minimum atomic E-state index is -0.463. The Kier molecular flexibility index (Phi) is 3.42. The van der Waals surface area contributed by atoms with Gasteiger partial charge in [0, 0.05) is 22.9 Å². The number of nitro benzene ring substituents is 1. The molecule has 7 heteroatoms. The second-order valence-electron chi connectivity index (χ2n) is 6.35. The third kappa shape index (κ3) is 2.38. The molecule has 0 aliphatic carbocycles. The maximum Gasteiger partial charge on any atom is 0.288 e. The number of imidazole rings is 1. The molecule has 132 valence electrons.